The summed E-state index contributed by atoms with van der Waals surface area (Å²) in [5.74, 6) is -14.7. The number of aromatic amines is 3. The van der Waals surface area contributed by atoms with Crippen LogP contribution >= 0.6 is 0 Å². The lowest BCUT2D eigenvalue weighted by atomic mass is 9.97. The Bertz CT molecular complexity index is 5490. The highest BCUT2D eigenvalue weighted by atomic mass is 16.3. The van der Waals surface area contributed by atoms with E-state index in [-0.39, 0.29) is 100 Å². The van der Waals surface area contributed by atoms with Gasteiger partial charge in [-0.3, -0.25) is 76.7 Å². The first kappa shape index (κ1) is 109. The van der Waals surface area contributed by atoms with Crippen LogP contribution in [0.25, 0.3) is 32.7 Å². The topological polar surface area (TPSA) is 553 Å². The van der Waals surface area contributed by atoms with Crippen LogP contribution in [0, 0.1) is 41.4 Å². The van der Waals surface area contributed by atoms with Crippen LogP contribution < -0.4 is 85.1 Å². The first-order valence-corrected chi connectivity index (χ1v) is 47.3. The van der Waals surface area contributed by atoms with E-state index in [1.165, 1.54) is 38.1 Å². The van der Waals surface area contributed by atoms with Crippen LogP contribution in [0.4, 0.5) is 0 Å². The van der Waals surface area contributed by atoms with Crippen LogP contribution in [-0.4, -0.2) is 224 Å². The number of amides is 16. The summed E-state index contributed by atoms with van der Waals surface area (Å²) in [5.41, 5.74) is 5.33. The SMILES string of the molecule is CC(C)C[C@@H](NC(=O)[C@H](C)NC(=O)CNC(=O)[C@H](Cc1ccccc1)NC=O)C(=O)N[C@@H](C)C(=O)N[C@@H](C(=O)N[C@H](C(=O)N[C@@H](C(=O)N[C@@H](Cc1c[nH]c2ccccc12)C(=O)N[C@H](CC(C)C)C(=O)N[C@@H](Cc1ccc(O)cc1)C(=O)N[C@H](CC(C)C)C(=O)N[C@@H](Cc1c[nH]c2ccccc12)C(=O)N[C@H](CC(C)C)C(=O)N[C@@H](Cc1c[nH]c2ccccc12)C(=O)NCCO)C(C)C)C(C)C)C(C)C. The summed E-state index contributed by atoms with van der Waals surface area (Å²) in [5, 5.41) is 66.0. The fourth-order valence-corrected chi connectivity index (χ4v) is 16.1. The maximum absolute atomic E-state index is 15.4. The summed E-state index contributed by atoms with van der Waals surface area (Å²) >= 11 is 0. The monoisotopic (exact) mass is 1910 g/mol. The Kier molecular flexibility index (Phi) is 41.9. The Hall–Kier alpha value is -14.0. The minimum atomic E-state index is -1.52. The lowest BCUT2D eigenvalue weighted by Gasteiger charge is -2.31. The molecule has 0 aliphatic heterocycles. The van der Waals surface area contributed by atoms with Gasteiger partial charge in [0.2, 0.25) is 95.0 Å². The number of aliphatic hydroxyl groups is 1. The Labute approximate surface area is 804 Å². The van der Waals surface area contributed by atoms with E-state index >= 15 is 28.8 Å². The quantitative estimate of drug-likeness (QED) is 0.0238. The average molecular weight is 1910 g/mol. The van der Waals surface area contributed by atoms with E-state index < -0.39 is 197 Å². The number of carbonyl (C=O) groups excluding carboxylic acids is 16. The highest BCUT2D eigenvalue weighted by molar-refractivity contribution is 6.02. The second kappa shape index (κ2) is 52.9. The van der Waals surface area contributed by atoms with E-state index in [1.54, 1.807) is 130 Å². The van der Waals surface area contributed by atoms with Crippen molar-refractivity contribution in [2.75, 3.05) is 19.7 Å². The van der Waals surface area contributed by atoms with Crippen molar-refractivity contribution in [3.05, 3.63) is 174 Å². The third-order valence-electron chi connectivity index (χ3n) is 23.5. The number of rotatable bonds is 54. The molecule has 0 fully saturated rings. The number of H-pyrrole nitrogens is 3. The third-order valence-corrected chi connectivity index (χ3v) is 23.5. The van der Waals surface area contributed by atoms with Gasteiger partial charge in [-0.25, -0.2) is 0 Å². The van der Waals surface area contributed by atoms with Crippen molar-refractivity contribution in [2.24, 2.45) is 41.4 Å². The summed E-state index contributed by atoms with van der Waals surface area (Å²) in [6, 6.07) is 18.2. The molecule has 0 unspecified atom stereocenters. The average Bonchev–Trinajstić information content (AvgIpc) is 1.68. The molecule has 21 N–H and O–H groups in total. The second-order valence-electron chi connectivity index (χ2n) is 38.0. The lowest BCUT2D eigenvalue weighted by Crippen LogP contribution is -2.62. The molecule has 138 heavy (non-hydrogen) atoms. The molecule has 0 saturated carbocycles. The van der Waals surface area contributed by atoms with Gasteiger partial charge in [0.15, 0.2) is 0 Å². The standard InChI is InChI=1S/C101H139N19O18/c1-54(2)40-76(110-88(125)61(15)108-84(124)52-106-90(127)75(107-53-122)44-63-26-18-17-19-27-63)92(129)109-62(16)89(126)118-86(59(11)12)100(137)120-87(60(13)14)101(138)119-85(58(9)10)99(136)117-83(48-67-51-105-74-33-25-22-30-71(67)74)98(135)113-77(41-55(3)4)93(130)114-80(45-64-34-36-68(123)37-35-64)96(133)111-79(43-57(7)8)95(132)116-82(47-66-50-104-73-32-24-21-29-70(66)73)97(134)112-78(42-56(5)6)94(131)115-81(91(128)102-38-39-121)46-65-49-103-72-31-23-20-28-69(65)72/h17-37,49-51,53-62,75-83,85-87,103-105,121,123H,38-48,52H2,1-16H3,(H,102,128)(H,106,127)(H,107,122)(H,108,124)(H,109,129)(H,110,125)(H,111,133)(H,112,134)(H,113,135)(H,114,130)(H,115,131)(H,116,132)(H,117,136)(H,118,126)(H,119,138)(H,120,137)/t61-,62-,75-,76+,77+,78+,79+,80-,81-,82-,83-,85+,86+,87-/m0/s1. The number of para-hydroxylation sites is 3. The fraction of sp³-hybridized carbons (Fsp3) is 0.485. The van der Waals surface area contributed by atoms with Gasteiger partial charge in [-0.1, -0.05) is 194 Å². The highest BCUT2D eigenvalue weighted by Gasteiger charge is 2.41. The molecule has 3 heterocycles. The number of benzene rings is 5. The third kappa shape index (κ3) is 33.2. The van der Waals surface area contributed by atoms with Crippen LogP contribution in [-0.2, 0) is 109 Å². The first-order valence-electron chi connectivity index (χ1n) is 47.3. The Morgan fingerprint density at radius 2 is 0.587 bits per heavy atom. The molecule has 0 bridgehead atoms. The van der Waals surface area contributed by atoms with Crippen molar-refractivity contribution in [1.29, 1.82) is 0 Å². The van der Waals surface area contributed by atoms with E-state index in [0.717, 1.165) is 32.9 Å². The van der Waals surface area contributed by atoms with Gasteiger partial charge in [-0.2, -0.15) is 0 Å². The first-order chi connectivity index (χ1) is 65.5. The number of fused-ring (bicyclic) bond motifs is 3. The van der Waals surface area contributed by atoms with Crippen molar-refractivity contribution >= 4 is 128 Å². The predicted molar refractivity (Wildman–Crippen MR) is 523 cm³/mol. The molecular weight excluding hydrogens is 1770 g/mol. The molecule has 0 saturated heterocycles. The zero-order valence-corrected chi connectivity index (χ0v) is 81.5. The molecule has 0 radical (unpaired) electrons. The van der Waals surface area contributed by atoms with E-state index in [9.17, 15) is 58.2 Å². The molecule has 8 rings (SSSR count). The zero-order valence-electron chi connectivity index (χ0n) is 81.5. The van der Waals surface area contributed by atoms with Gasteiger partial charge in [0.25, 0.3) is 0 Å². The summed E-state index contributed by atoms with van der Waals surface area (Å²) in [7, 11) is 0. The molecule has 3 aromatic heterocycles. The van der Waals surface area contributed by atoms with Gasteiger partial charge < -0.3 is 110 Å². The van der Waals surface area contributed by atoms with Gasteiger partial charge in [-0.05, 0) is 139 Å². The van der Waals surface area contributed by atoms with E-state index in [1.807, 2.05) is 88.4 Å². The Morgan fingerprint density at radius 3 is 0.964 bits per heavy atom. The lowest BCUT2D eigenvalue weighted by molar-refractivity contribution is -0.137. The van der Waals surface area contributed by atoms with Crippen molar-refractivity contribution in [2.45, 2.75) is 253 Å². The van der Waals surface area contributed by atoms with Gasteiger partial charge in [0.1, 0.15) is 90.3 Å². The number of hydrogen-bond donors (Lipinski definition) is 21. The molecule has 37 nitrogen and oxygen atoms in total. The molecule has 0 spiro atoms. The number of carbonyl (C=O) groups is 16. The van der Waals surface area contributed by atoms with Crippen LogP contribution in [0.2, 0.25) is 0 Å². The molecular formula is C101H139N19O18. The molecule has 5 aromatic carbocycles. The number of aromatic hydroxyl groups is 1. The van der Waals surface area contributed by atoms with Crippen molar-refractivity contribution < 1.29 is 86.9 Å². The van der Waals surface area contributed by atoms with Crippen molar-refractivity contribution in [3.8, 4) is 5.75 Å². The van der Waals surface area contributed by atoms with Crippen LogP contribution in [0.15, 0.2) is 146 Å². The van der Waals surface area contributed by atoms with E-state index in [2.05, 4.69) is 100 Å². The molecule has 14 atom stereocenters. The van der Waals surface area contributed by atoms with Gasteiger partial charge in [-0.15, -0.1) is 0 Å². The van der Waals surface area contributed by atoms with Gasteiger partial charge in [0, 0.05) is 89.9 Å². The molecule has 8 aromatic rings. The number of aromatic nitrogens is 3. The van der Waals surface area contributed by atoms with Gasteiger partial charge >= 0.3 is 0 Å². The number of aliphatic hydroxyl groups excluding tert-OH is 1. The molecule has 746 valence electrons. The smallest absolute Gasteiger partial charge is 0.243 e. The zero-order chi connectivity index (χ0) is 101. The van der Waals surface area contributed by atoms with Crippen molar-refractivity contribution in [3.63, 3.8) is 0 Å². The molecule has 0 aliphatic carbocycles. The summed E-state index contributed by atoms with van der Waals surface area (Å²) in [4.78, 5) is 238. The van der Waals surface area contributed by atoms with Crippen LogP contribution in [0.3, 0.4) is 0 Å². The summed E-state index contributed by atoms with van der Waals surface area (Å²) in [6.07, 6.45) is 5.24. The molecule has 37 heteroatoms. The number of nitrogens with one attached hydrogen (secondary N) is 19. The maximum atomic E-state index is 15.4. The minimum absolute atomic E-state index is 0.0121. The summed E-state index contributed by atoms with van der Waals surface area (Å²) in [6.45, 7) is 26.1. The maximum Gasteiger partial charge on any atom is 0.243 e. The predicted octanol–water partition coefficient (Wildman–Crippen LogP) is 4.18. The van der Waals surface area contributed by atoms with Crippen LogP contribution in [0.5, 0.6) is 5.75 Å². The highest BCUT2D eigenvalue weighted by Crippen LogP contribution is 2.26. The van der Waals surface area contributed by atoms with Gasteiger partial charge in [0.05, 0.1) is 13.2 Å². The second-order valence-corrected chi connectivity index (χ2v) is 38.0. The number of hydrogen-bond acceptors (Lipinski definition) is 18. The Balaban J connectivity index is 0.973. The largest absolute Gasteiger partial charge is 0.508 e. The fourth-order valence-electron chi connectivity index (χ4n) is 16.1. The van der Waals surface area contributed by atoms with Crippen LogP contribution in [0.1, 0.15) is 164 Å². The van der Waals surface area contributed by atoms with E-state index in [0.29, 0.717) is 34.0 Å². The molecule has 0 aliphatic rings. The number of phenolic OH excluding ortho intramolecular Hbond substituents is 1. The molecule has 16 amide bonds. The normalized spacial score (nSPS) is 14.6. The Morgan fingerprint density at radius 1 is 0.297 bits per heavy atom. The number of phenols is 1. The van der Waals surface area contributed by atoms with Crippen molar-refractivity contribution in [1.82, 2.24) is 100 Å². The summed E-state index contributed by atoms with van der Waals surface area (Å²) < 4.78 is 0. The van der Waals surface area contributed by atoms with E-state index in [4.69, 9.17) is 0 Å². The minimum Gasteiger partial charge on any atom is -0.508 e.